The Bertz CT molecular complexity index is 551. The van der Waals surface area contributed by atoms with E-state index in [4.69, 9.17) is 21.1 Å². The molecule has 106 valence electrons. The minimum Gasteiger partial charge on any atom is -0.493 e. The maximum atomic E-state index is 5.96. The second-order valence-corrected chi connectivity index (χ2v) is 5.13. The summed E-state index contributed by atoms with van der Waals surface area (Å²) in [5.74, 6) is 1.84. The molecule has 2 aromatic rings. The minimum absolute atomic E-state index is 0.402. The van der Waals surface area contributed by atoms with Gasteiger partial charge < -0.3 is 9.47 Å². The van der Waals surface area contributed by atoms with Gasteiger partial charge in [-0.3, -0.25) is 0 Å². The summed E-state index contributed by atoms with van der Waals surface area (Å²) in [6.45, 7) is 4.68. The summed E-state index contributed by atoms with van der Waals surface area (Å²) in [4.78, 5) is 0. The van der Waals surface area contributed by atoms with Gasteiger partial charge >= 0.3 is 0 Å². The maximum Gasteiger partial charge on any atom is 0.166 e. The summed E-state index contributed by atoms with van der Waals surface area (Å²) in [6.07, 6.45) is 0. The molecule has 20 heavy (non-hydrogen) atoms. The Morgan fingerprint density at radius 3 is 2.35 bits per heavy atom. The van der Waals surface area contributed by atoms with Crippen LogP contribution in [0.2, 0.25) is 0 Å². The van der Waals surface area contributed by atoms with E-state index in [1.165, 1.54) is 11.1 Å². The number of hydrogen-bond donors (Lipinski definition) is 0. The van der Waals surface area contributed by atoms with E-state index in [1.807, 2.05) is 18.2 Å². The fourth-order valence-corrected chi connectivity index (χ4v) is 2.51. The van der Waals surface area contributed by atoms with Crippen molar-refractivity contribution in [1.82, 2.24) is 0 Å². The van der Waals surface area contributed by atoms with Crippen LogP contribution in [0.4, 0.5) is 0 Å². The molecule has 0 unspecified atom stereocenters. The Morgan fingerprint density at radius 1 is 1.05 bits per heavy atom. The molecule has 0 radical (unpaired) electrons. The van der Waals surface area contributed by atoms with Crippen molar-refractivity contribution in [2.24, 2.45) is 0 Å². The van der Waals surface area contributed by atoms with Crippen LogP contribution >= 0.6 is 11.6 Å². The Morgan fingerprint density at radius 2 is 1.75 bits per heavy atom. The second-order valence-electron chi connectivity index (χ2n) is 4.87. The van der Waals surface area contributed by atoms with Gasteiger partial charge in [0.15, 0.2) is 11.5 Å². The first-order chi connectivity index (χ1) is 9.63. The predicted molar refractivity (Wildman–Crippen MR) is 82.8 cm³/mol. The van der Waals surface area contributed by atoms with E-state index in [0.717, 1.165) is 16.9 Å². The van der Waals surface area contributed by atoms with E-state index in [2.05, 4.69) is 32.0 Å². The van der Waals surface area contributed by atoms with Crippen molar-refractivity contribution in [2.75, 3.05) is 7.11 Å². The van der Waals surface area contributed by atoms with E-state index < -0.39 is 0 Å². The average Bonchev–Trinajstić information content (AvgIpc) is 2.43. The van der Waals surface area contributed by atoms with E-state index in [1.54, 1.807) is 7.11 Å². The quantitative estimate of drug-likeness (QED) is 0.748. The highest BCUT2D eigenvalue weighted by atomic mass is 35.5. The topological polar surface area (TPSA) is 18.5 Å². The molecule has 0 aliphatic heterocycles. The molecule has 0 aliphatic carbocycles. The number of alkyl halides is 1. The molecule has 0 aromatic heterocycles. The van der Waals surface area contributed by atoms with Gasteiger partial charge in [-0.2, -0.15) is 0 Å². The number of hydrogen-bond acceptors (Lipinski definition) is 2. The summed E-state index contributed by atoms with van der Waals surface area (Å²) in [6, 6.07) is 12.2. The van der Waals surface area contributed by atoms with Crippen LogP contribution < -0.4 is 9.47 Å². The zero-order valence-corrected chi connectivity index (χ0v) is 12.8. The first-order valence-electron chi connectivity index (χ1n) is 6.56. The molecule has 0 N–H and O–H groups in total. The molecule has 2 rings (SSSR count). The Kier molecular flexibility index (Phi) is 4.91. The highest BCUT2D eigenvalue weighted by Gasteiger charge is 2.10. The first-order valence-corrected chi connectivity index (χ1v) is 7.09. The summed E-state index contributed by atoms with van der Waals surface area (Å²) in [7, 11) is 1.64. The Labute approximate surface area is 125 Å². The van der Waals surface area contributed by atoms with Gasteiger partial charge in [0.25, 0.3) is 0 Å². The maximum absolute atomic E-state index is 5.96. The normalized spacial score (nSPS) is 10.4. The number of aryl methyl sites for hydroxylation is 2. The molecule has 0 heterocycles. The van der Waals surface area contributed by atoms with Gasteiger partial charge in [-0.1, -0.05) is 41.5 Å². The molecule has 2 aromatic carbocycles. The minimum atomic E-state index is 0.402. The van der Waals surface area contributed by atoms with Crippen molar-refractivity contribution in [3.63, 3.8) is 0 Å². The van der Waals surface area contributed by atoms with Gasteiger partial charge in [-0.25, -0.2) is 0 Å². The van der Waals surface area contributed by atoms with Crippen molar-refractivity contribution in [2.45, 2.75) is 26.3 Å². The van der Waals surface area contributed by atoms with Gasteiger partial charge in [0.2, 0.25) is 0 Å². The van der Waals surface area contributed by atoms with Gasteiger partial charge in [-0.05, 0) is 25.5 Å². The zero-order chi connectivity index (χ0) is 14.5. The van der Waals surface area contributed by atoms with Crippen molar-refractivity contribution in [3.05, 3.63) is 58.7 Å². The van der Waals surface area contributed by atoms with Crippen LogP contribution in [0.5, 0.6) is 11.5 Å². The van der Waals surface area contributed by atoms with Crippen molar-refractivity contribution < 1.29 is 9.47 Å². The van der Waals surface area contributed by atoms with Crippen LogP contribution in [-0.2, 0) is 12.5 Å². The van der Waals surface area contributed by atoms with Crippen LogP contribution in [0.15, 0.2) is 36.4 Å². The van der Waals surface area contributed by atoms with Gasteiger partial charge in [-0.15, -0.1) is 11.6 Å². The molecular formula is C17H19ClO2. The summed E-state index contributed by atoms with van der Waals surface area (Å²) in [5.41, 5.74) is 4.56. The lowest BCUT2D eigenvalue weighted by molar-refractivity contribution is 0.282. The highest BCUT2D eigenvalue weighted by molar-refractivity contribution is 6.17. The third-order valence-electron chi connectivity index (χ3n) is 3.09. The van der Waals surface area contributed by atoms with E-state index in [-0.39, 0.29) is 0 Å². The van der Waals surface area contributed by atoms with E-state index in [9.17, 15) is 0 Å². The van der Waals surface area contributed by atoms with Crippen LogP contribution in [-0.4, -0.2) is 7.11 Å². The molecule has 0 bridgehead atoms. The second kappa shape index (κ2) is 6.67. The molecule has 0 spiro atoms. The van der Waals surface area contributed by atoms with Crippen LogP contribution in [0.3, 0.4) is 0 Å². The molecular weight excluding hydrogens is 272 g/mol. The number of para-hydroxylation sites is 1. The lowest BCUT2D eigenvalue weighted by Gasteiger charge is -2.14. The van der Waals surface area contributed by atoms with E-state index in [0.29, 0.717) is 18.2 Å². The Hall–Kier alpha value is -1.67. The fourth-order valence-electron chi connectivity index (χ4n) is 2.30. The third-order valence-corrected chi connectivity index (χ3v) is 3.38. The number of ether oxygens (including phenoxy) is 2. The summed E-state index contributed by atoms with van der Waals surface area (Å²) in [5, 5.41) is 0. The molecule has 0 fully saturated rings. The number of benzene rings is 2. The number of rotatable bonds is 5. The number of methoxy groups -OCH3 is 1. The molecule has 2 nitrogen and oxygen atoms in total. The van der Waals surface area contributed by atoms with Crippen LogP contribution in [0.1, 0.15) is 22.3 Å². The van der Waals surface area contributed by atoms with Crippen molar-refractivity contribution >= 4 is 11.6 Å². The third kappa shape index (κ3) is 3.45. The SMILES string of the molecule is COc1cccc(CCl)c1OCc1cc(C)cc(C)c1. The zero-order valence-electron chi connectivity index (χ0n) is 12.1. The summed E-state index contributed by atoms with van der Waals surface area (Å²) < 4.78 is 11.3. The molecule has 0 saturated heterocycles. The molecule has 0 amide bonds. The monoisotopic (exact) mass is 290 g/mol. The smallest absolute Gasteiger partial charge is 0.166 e. The molecule has 0 saturated carbocycles. The predicted octanol–water partition coefficient (Wildman–Crippen LogP) is 4.63. The van der Waals surface area contributed by atoms with Gasteiger partial charge in [0, 0.05) is 5.56 Å². The van der Waals surface area contributed by atoms with Crippen LogP contribution in [0, 0.1) is 13.8 Å². The molecule has 0 aliphatic rings. The standard InChI is InChI=1S/C17H19ClO2/c1-12-7-13(2)9-14(8-12)11-20-17-15(10-18)5-4-6-16(17)19-3/h4-9H,10-11H2,1-3H3. The number of halogens is 1. The van der Waals surface area contributed by atoms with Gasteiger partial charge in [0.05, 0.1) is 13.0 Å². The Balaban J connectivity index is 2.22. The van der Waals surface area contributed by atoms with Gasteiger partial charge in [0.1, 0.15) is 6.61 Å². The molecule has 3 heteroatoms. The highest BCUT2D eigenvalue weighted by Crippen LogP contribution is 2.32. The van der Waals surface area contributed by atoms with E-state index >= 15 is 0 Å². The first kappa shape index (κ1) is 14.7. The largest absolute Gasteiger partial charge is 0.493 e. The summed E-state index contributed by atoms with van der Waals surface area (Å²) >= 11 is 5.96. The fraction of sp³-hybridized carbons (Fsp3) is 0.294. The lowest BCUT2D eigenvalue weighted by Crippen LogP contribution is -2.01. The average molecular weight is 291 g/mol. The van der Waals surface area contributed by atoms with Crippen molar-refractivity contribution in [3.8, 4) is 11.5 Å². The van der Waals surface area contributed by atoms with Crippen molar-refractivity contribution in [1.29, 1.82) is 0 Å². The molecule has 0 atom stereocenters. The van der Waals surface area contributed by atoms with Crippen LogP contribution in [0.25, 0.3) is 0 Å². The lowest BCUT2D eigenvalue weighted by atomic mass is 10.1.